The highest BCUT2D eigenvalue weighted by molar-refractivity contribution is 6.35. The molecule has 1 aliphatic heterocycles. The van der Waals surface area contributed by atoms with Gasteiger partial charge in [0, 0.05) is 34.3 Å². The van der Waals surface area contributed by atoms with Gasteiger partial charge in [-0.25, -0.2) is 5.43 Å². The summed E-state index contributed by atoms with van der Waals surface area (Å²) in [4.78, 5) is 26.5. The number of nitrogens with zero attached hydrogens (tertiary/aromatic N) is 2. The molecule has 1 saturated heterocycles. The van der Waals surface area contributed by atoms with Crippen LogP contribution in [0, 0.1) is 5.92 Å². The second-order valence-electron chi connectivity index (χ2n) is 7.90. The summed E-state index contributed by atoms with van der Waals surface area (Å²) in [5.74, 6) is 0.461. The first-order valence-electron chi connectivity index (χ1n) is 10.9. The van der Waals surface area contributed by atoms with Gasteiger partial charge in [-0.3, -0.25) is 9.59 Å². The van der Waals surface area contributed by atoms with Gasteiger partial charge in [-0.2, -0.15) is 5.10 Å². The standard InChI is InChI=1S/C26H23Cl2N3O4/c1-34-20-11-7-19(8-12-20)31-15-18(13-25(31)32)26(33)30-29-14-17-5-9-21(10-6-17)35-16-22-23(27)3-2-4-24(22)28/h2-12,14,18H,13,15-16H2,1H3,(H,30,33)/b29-14+/t18-/m1/s1. The van der Waals surface area contributed by atoms with Crippen molar-refractivity contribution in [2.24, 2.45) is 11.0 Å². The summed E-state index contributed by atoms with van der Waals surface area (Å²) in [5.41, 5.74) is 4.76. The molecular formula is C26H23Cl2N3O4. The van der Waals surface area contributed by atoms with Crippen LogP contribution in [0.2, 0.25) is 10.0 Å². The van der Waals surface area contributed by atoms with Gasteiger partial charge in [0.1, 0.15) is 18.1 Å². The molecule has 2 amide bonds. The highest BCUT2D eigenvalue weighted by Gasteiger charge is 2.35. The van der Waals surface area contributed by atoms with Gasteiger partial charge in [0.05, 0.1) is 19.2 Å². The topological polar surface area (TPSA) is 80.2 Å². The fourth-order valence-electron chi connectivity index (χ4n) is 3.63. The number of hydrogen-bond acceptors (Lipinski definition) is 5. The van der Waals surface area contributed by atoms with Crippen LogP contribution in [0.5, 0.6) is 11.5 Å². The van der Waals surface area contributed by atoms with E-state index in [1.54, 1.807) is 66.6 Å². The van der Waals surface area contributed by atoms with Crippen molar-refractivity contribution in [2.75, 3.05) is 18.6 Å². The maximum Gasteiger partial charge on any atom is 0.245 e. The number of ether oxygens (including phenoxy) is 2. The predicted octanol–water partition coefficient (Wildman–Crippen LogP) is 5.08. The van der Waals surface area contributed by atoms with E-state index in [9.17, 15) is 9.59 Å². The SMILES string of the molecule is COc1ccc(N2C[C@H](C(=O)N/N=C/c3ccc(OCc4c(Cl)cccc4Cl)cc3)CC2=O)cc1. The van der Waals surface area contributed by atoms with E-state index in [4.69, 9.17) is 32.7 Å². The predicted molar refractivity (Wildman–Crippen MR) is 136 cm³/mol. The van der Waals surface area contributed by atoms with Crippen molar-refractivity contribution < 1.29 is 19.1 Å². The molecule has 0 saturated carbocycles. The second-order valence-corrected chi connectivity index (χ2v) is 8.71. The maximum absolute atomic E-state index is 12.5. The fourth-order valence-corrected chi connectivity index (χ4v) is 4.14. The first-order chi connectivity index (χ1) is 16.9. The lowest BCUT2D eigenvalue weighted by molar-refractivity contribution is -0.126. The molecule has 0 unspecified atom stereocenters. The van der Waals surface area contributed by atoms with E-state index in [0.29, 0.717) is 28.1 Å². The van der Waals surface area contributed by atoms with Crippen molar-refractivity contribution in [3.8, 4) is 11.5 Å². The van der Waals surface area contributed by atoms with Crippen molar-refractivity contribution in [1.29, 1.82) is 0 Å². The third-order valence-electron chi connectivity index (χ3n) is 5.59. The lowest BCUT2D eigenvalue weighted by Crippen LogP contribution is -2.30. The van der Waals surface area contributed by atoms with Crippen LogP contribution in [0.3, 0.4) is 0 Å². The van der Waals surface area contributed by atoms with E-state index in [2.05, 4.69) is 10.5 Å². The van der Waals surface area contributed by atoms with E-state index in [1.165, 1.54) is 6.21 Å². The molecule has 1 fully saturated rings. The molecule has 0 aromatic heterocycles. The summed E-state index contributed by atoms with van der Waals surface area (Å²) in [6.07, 6.45) is 1.67. The fraction of sp³-hybridized carbons (Fsp3) is 0.192. The molecule has 1 heterocycles. The molecule has 1 atom stereocenters. The summed E-state index contributed by atoms with van der Waals surface area (Å²) in [6, 6.07) is 19.7. The van der Waals surface area contributed by atoms with Crippen molar-refractivity contribution in [3.63, 3.8) is 0 Å². The van der Waals surface area contributed by atoms with Crippen LogP contribution in [0.25, 0.3) is 0 Å². The molecule has 0 spiro atoms. The second kappa shape index (κ2) is 11.3. The molecule has 180 valence electrons. The van der Waals surface area contributed by atoms with Crippen molar-refractivity contribution in [3.05, 3.63) is 87.9 Å². The van der Waals surface area contributed by atoms with E-state index in [1.807, 2.05) is 12.1 Å². The monoisotopic (exact) mass is 511 g/mol. The minimum atomic E-state index is -0.478. The number of carbonyl (C=O) groups excluding carboxylic acids is 2. The molecule has 35 heavy (non-hydrogen) atoms. The average molecular weight is 512 g/mol. The van der Waals surface area contributed by atoms with Crippen LogP contribution in [0.15, 0.2) is 71.8 Å². The van der Waals surface area contributed by atoms with Crippen molar-refractivity contribution >= 4 is 46.9 Å². The number of nitrogens with one attached hydrogen (secondary N) is 1. The molecule has 3 aromatic rings. The van der Waals surface area contributed by atoms with Gasteiger partial charge in [0.25, 0.3) is 0 Å². The normalized spacial score (nSPS) is 15.5. The van der Waals surface area contributed by atoms with Crippen LogP contribution in [-0.4, -0.2) is 31.7 Å². The third kappa shape index (κ3) is 6.12. The van der Waals surface area contributed by atoms with Gasteiger partial charge in [0.2, 0.25) is 11.8 Å². The van der Waals surface area contributed by atoms with Gasteiger partial charge in [-0.1, -0.05) is 29.3 Å². The first-order valence-corrected chi connectivity index (χ1v) is 11.6. The number of hydrogen-bond donors (Lipinski definition) is 1. The zero-order chi connectivity index (χ0) is 24.8. The highest BCUT2D eigenvalue weighted by atomic mass is 35.5. The van der Waals surface area contributed by atoms with E-state index in [-0.39, 0.29) is 24.8 Å². The molecule has 0 radical (unpaired) electrons. The van der Waals surface area contributed by atoms with Gasteiger partial charge in [-0.15, -0.1) is 0 Å². The summed E-state index contributed by atoms with van der Waals surface area (Å²) < 4.78 is 10.9. The Kier molecular flexibility index (Phi) is 7.90. The number of anilines is 1. The number of amides is 2. The van der Waals surface area contributed by atoms with Crippen molar-refractivity contribution in [1.82, 2.24) is 5.43 Å². The summed E-state index contributed by atoms with van der Waals surface area (Å²) in [5, 5.41) is 5.13. The van der Waals surface area contributed by atoms with Crippen LogP contribution in [0.4, 0.5) is 5.69 Å². The third-order valence-corrected chi connectivity index (χ3v) is 6.30. The largest absolute Gasteiger partial charge is 0.497 e. The Bertz CT molecular complexity index is 1210. The Morgan fingerprint density at radius 1 is 1.06 bits per heavy atom. The Labute approximate surface area is 213 Å². The summed E-state index contributed by atoms with van der Waals surface area (Å²) in [7, 11) is 1.58. The number of benzene rings is 3. The number of methoxy groups -OCH3 is 1. The van der Waals surface area contributed by atoms with Crippen LogP contribution in [0.1, 0.15) is 17.5 Å². The lowest BCUT2D eigenvalue weighted by Gasteiger charge is -2.16. The van der Waals surface area contributed by atoms with Crippen LogP contribution < -0.4 is 19.8 Å². The molecule has 0 aliphatic carbocycles. The molecule has 3 aromatic carbocycles. The number of rotatable bonds is 8. The first kappa shape index (κ1) is 24.6. The summed E-state index contributed by atoms with van der Waals surface area (Å²) in [6.45, 7) is 0.545. The van der Waals surface area contributed by atoms with Crippen molar-refractivity contribution in [2.45, 2.75) is 13.0 Å². The molecular weight excluding hydrogens is 489 g/mol. The van der Waals surface area contributed by atoms with E-state index < -0.39 is 5.92 Å². The van der Waals surface area contributed by atoms with Crippen LogP contribution >= 0.6 is 23.2 Å². The average Bonchev–Trinajstić information content (AvgIpc) is 3.26. The maximum atomic E-state index is 12.5. The molecule has 9 heteroatoms. The van der Waals surface area contributed by atoms with E-state index >= 15 is 0 Å². The number of halogens is 2. The smallest absolute Gasteiger partial charge is 0.245 e. The Balaban J connectivity index is 1.28. The van der Waals surface area contributed by atoms with Gasteiger partial charge in [-0.05, 0) is 66.2 Å². The number of carbonyl (C=O) groups is 2. The number of hydrazone groups is 1. The molecule has 0 bridgehead atoms. The zero-order valence-corrected chi connectivity index (χ0v) is 20.4. The lowest BCUT2D eigenvalue weighted by atomic mass is 10.1. The highest BCUT2D eigenvalue weighted by Crippen LogP contribution is 2.27. The van der Waals surface area contributed by atoms with Gasteiger partial charge < -0.3 is 14.4 Å². The molecule has 1 aliphatic rings. The Hall–Kier alpha value is -3.55. The van der Waals surface area contributed by atoms with E-state index in [0.717, 1.165) is 16.8 Å². The Morgan fingerprint density at radius 3 is 2.37 bits per heavy atom. The van der Waals surface area contributed by atoms with Gasteiger partial charge in [0.15, 0.2) is 0 Å². The minimum Gasteiger partial charge on any atom is -0.497 e. The van der Waals surface area contributed by atoms with Crippen LogP contribution in [-0.2, 0) is 16.2 Å². The quantitative estimate of drug-likeness (QED) is 0.337. The minimum absolute atomic E-state index is 0.104. The molecule has 7 nitrogen and oxygen atoms in total. The zero-order valence-electron chi connectivity index (χ0n) is 18.9. The Morgan fingerprint density at radius 2 is 1.71 bits per heavy atom. The summed E-state index contributed by atoms with van der Waals surface area (Å²) >= 11 is 12.3. The van der Waals surface area contributed by atoms with Gasteiger partial charge >= 0.3 is 0 Å². The molecule has 4 rings (SSSR count). The molecule has 1 N–H and O–H groups in total.